The van der Waals surface area contributed by atoms with Crippen LogP contribution in [0.1, 0.15) is 296 Å². The number of carbonyl (C=O) groups is 2. The molecular formula is C56H107NO5. The minimum atomic E-state index is -0.850. The van der Waals surface area contributed by atoms with Crippen molar-refractivity contribution in [2.75, 3.05) is 13.2 Å². The molecule has 0 rings (SSSR count). The first-order valence-electron chi connectivity index (χ1n) is 27.6. The van der Waals surface area contributed by atoms with Gasteiger partial charge in [0.25, 0.3) is 0 Å². The standard InChI is InChI=1S/C56H107NO5/c1-3-5-7-9-11-13-15-16-17-18-21-24-27-30-34-38-42-46-50-56(61)62-51-47-43-39-35-31-28-25-22-19-20-23-26-29-33-37-41-45-49-55(60)57-53(52-58)54(59)48-44-40-36-32-14-12-10-8-6-4-2/h19,22,44,48,53-54,58-59H,3-18,20-21,23-43,45-47,49-52H2,1-2H3,(H,57,60)/b22-19-,48-44+. The van der Waals surface area contributed by atoms with E-state index in [0.717, 1.165) is 57.8 Å². The van der Waals surface area contributed by atoms with Crippen molar-refractivity contribution < 1.29 is 24.5 Å². The van der Waals surface area contributed by atoms with Gasteiger partial charge < -0.3 is 20.3 Å². The van der Waals surface area contributed by atoms with Crippen LogP contribution in [0.3, 0.4) is 0 Å². The summed E-state index contributed by atoms with van der Waals surface area (Å²) in [5, 5.41) is 22.9. The van der Waals surface area contributed by atoms with E-state index in [-0.39, 0.29) is 18.5 Å². The van der Waals surface area contributed by atoms with Gasteiger partial charge >= 0.3 is 5.97 Å². The predicted octanol–water partition coefficient (Wildman–Crippen LogP) is 16.7. The maximum Gasteiger partial charge on any atom is 0.305 e. The van der Waals surface area contributed by atoms with Crippen LogP contribution in [0.25, 0.3) is 0 Å². The first-order chi connectivity index (χ1) is 30.5. The fourth-order valence-corrected chi connectivity index (χ4v) is 8.45. The van der Waals surface area contributed by atoms with Crippen LogP contribution < -0.4 is 5.32 Å². The van der Waals surface area contributed by atoms with Crippen molar-refractivity contribution in [2.45, 2.75) is 309 Å². The van der Waals surface area contributed by atoms with Crippen LogP contribution in [-0.2, 0) is 14.3 Å². The zero-order chi connectivity index (χ0) is 45.1. The van der Waals surface area contributed by atoms with E-state index in [1.165, 1.54) is 212 Å². The van der Waals surface area contributed by atoms with Crippen molar-refractivity contribution in [2.24, 2.45) is 0 Å². The summed E-state index contributed by atoms with van der Waals surface area (Å²) in [4.78, 5) is 24.4. The highest BCUT2D eigenvalue weighted by Crippen LogP contribution is 2.16. The molecule has 0 bridgehead atoms. The van der Waals surface area contributed by atoms with Crippen LogP contribution in [0.2, 0.25) is 0 Å². The SMILES string of the molecule is CCCCCCCCCC/C=C/C(O)C(CO)NC(=O)CCCCCCCCC/C=C\CCCCCCCCOC(=O)CCCCCCCCCCCCCCCCCCCC. The van der Waals surface area contributed by atoms with Crippen LogP contribution in [0.5, 0.6) is 0 Å². The first kappa shape index (κ1) is 60.3. The van der Waals surface area contributed by atoms with Crippen LogP contribution in [0.15, 0.2) is 24.3 Å². The third-order valence-corrected chi connectivity index (χ3v) is 12.7. The minimum Gasteiger partial charge on any atom is -0.466 e. The van der Waals surface area contributed by atoms with E-state index in [0.29, 0.717) is 19.4 Å². The molecule has 6 nitrogen and oxygen atoms in total. The number of unbranched alkanes of at least 4 members (excludes halogenated alkanes) is 38. The molecule has 0 radical (unpaired) electrons. The second-order valence-electron chi connectivity index (χ2n) is 18.9. The van der Waals surface area contributed by atoms with Gasteiger partial charge in [0.15, 0.2) is 0 Å². The van der Waals surface area contributed by atoms with Crippen molar-refractivity contribution in [1.82, 2.24) is 5.32 Å². The van der Waals surface area contributed by atoms with E-state index >= 15 is 0 Å². The molecule has 0 aromatic carbocycles. The van der Waals surface area contributed by atoms with Gasteiger partial charge in [-0.1, -0.05) is 250 Å². The lowest BCUT2D eigenvalue weighted by Gasteiger charge is -2.20. The topological polar surface area (TPSA) is 95.9 Å². The Bertz CT molecular complexity index is 966. The Morgan fingerprint density at radius 2 is 0.758 bits per heavy atom. The van der Waals surface area contributed by atoms with Gasteiger partial charge in [-0.2, -0.15) is 0 Å². The Hall–Kier alpha value is -1.66. The average molecular weight is 874 g/mol. The predicted molar refractivity (Wildman–Crippen MR) is 269 cm³/mol. The molecule has 0 aromatic heterocycles. The number of ether oxygens (including phenoxy) is 1. The second-order valence-corrected chi connectivity index (χ2v) is 18.9. The summed E-state index contributed by atoms with van der Waals surface area (Å²) in [5.41, 5.74) is 0. The van der Waals surface area contributed by atoms with Crippen molar-refractivity contribution in [3.05, 3.63) is 24.3 Å². The van der Waals surface area contributed by atoms with Crippen molar-refractivity contribution in [1.29, 1.82) is 0 Å². The van der Waals surface area contributed by atoms with Gasteiger partial charge in [0.05, 0.1) is 25.4 Å². The maximum absolute atomic E-state index is 12.4. The van der Waals surface area contributed by atoms with Gasteiger partial charge in [-0.15, -0.1) is 0 Å². The summed E-state index contributed by atoms with van der Waals surface area (Å²) in [7, 11) is 0. The number of nitrogens with one attached hydrogen (secondary N) is 1. The Balaban J connectivity index is 3.43. The van der Waals surface area contributed by atoms with E-state index < -0.39 is 12.1 Å². The van der Waals surface area contributed by atoms with Crippen molar-refractivity contribution in [3.63, 3.8) is 0 Å². The van der Waals surface area contributed by atoms with Crippen molar-refractivity contribution >= 4 is 11.9 Å². The van der Waals surface area contributed by atoms with Gasteiger partial charge in [-0.25, -0.2) is 0 Å². The molecule has 6 heteroatoms. The Morgan fingerprint density at radius 3 is 1.15 bits per heavy atom. The number of rotatable bonds is 51. The summed E-state index contributed by atoms with van der Waals surface area (Å²) in [6.07, 6.45) is 62.0. The molecule has 0 heterocycles. The Kier molecular flexibility index (Phi) is 50.6. The molecule has 0 spiro atoms. The quantitative estimate of drug-likeness (QED) is 0.0321. The van der Waals surface area contributed by atoms with Gasteiger partial charge in [-0.3, -0.25) is 9.59 Å². The normalized spacial score (nSPS) is 12.8. The van der Waals surface area contributed by atoms with Gasteiger partial charge in [-0.05, 0) is 57.8 Å². The zero-order valence-electron chi connectivity index (χ0n) is 41.6. The minimum absolute atomic E-state index is 0.00127. The molecule has 3 N–H and O–H groups in total. The van der Waals surface area contributed by atoms with Crippen molar-refractivity contribution in [3.8, 4) is 0 Å². The number of esters is 1. The molecule has 0 fully saturated rings. The van der Waals surface area contributed by atoms with Gasteiger partial charge in [0.1, 0.15) is 0 Å². The largest absolute Gasteiger partial charge is 0.466 e. The third-order valence-electron chi connectivity index (χ3n) is 12.7. The molecule has 0 saturated carbocycles. The molecule has 1 amide bonds. The van der Waals surface area contributed by atoms with Gasteiger partial charge in [0, 0.05) is 12.8 Å². The van der Waals surface area contributed by atoms with E-state index in [1.807, 2.05) is 6.08 Å². The summed E-state index contributed by atoms with van der Waals surface area (Å²) in [6.45, 7) is 4.87. The number of amides is 1. The molecule has 0 aliphatic carbocycles. The second kappa shape index (κ2) is 52.0. The third kappa shape index (κ3) is 47.8. The van der Waals surface area contributed by atoms with E-state index in [1.54, 1.807) is 6.08 Å². The summed E-state index contributed by atoms with van der Waals surface area (Å²) in [6, 6.07) is -0.634. The highest BCUT2D eigenvalue weighted by atomic mass is 16.5. The lowest BCUT2D eigenvalue weighted by molar-refractivity contribution is -0.143. The molecule has 0 aliphatic rings. The lowest BCUT2D eigenvalue weighted by atomic mass is 10.0. The summed E-state index contributed by atoms with van der Waals surface area (Å²) >= 11 is 0. The number of hydrogen-bond acceptors (Lipinski definition) is 5. The molecule has 2 atom stereocenters. The molecule has 0 saturated heterocycles. The van der Waals surface area contributed by atoms with Crippen LogP contribution in [0.4, 0.5) is 0 Å². The smallest absolute Gasteiger partial charge is 0.305 e. The lowest BCUT2D eigenvalue weighted by Crippen LogP contribution is -2.45. The van der Waals surface area contributed by atoms with Crippen LogP contribution >= 0.6 is 0 Å². The Morgan fingerprint density at radius 1 is 0.435 bits per heavy atom. The first-order valence-corrected chi connectivity index (χ1v) is 27.6. The fourth-order valence-electron chi connectivity index (χ4n) is 8.45. The van der Waals surface area contributed by atoms with Crippen LogP contribution in [-0.4, -0.2) is 47.4 Å². The Labute approximate surface area is 386 Å². The number of allylic oxidation sites excluding steroid dienone is 3. The number of carbonyl (C=O) groups excluding carboxylic acids is 2. The van der Waals surface area contributed by atoms with E-state index in [2.05, 4.69) is 31.3 Å². The van der Waals surface area contributed by atoms with Gasteiger partial charge in [0.2, 0.25) is 5.91 Å². The molecule has 0 aliphatic heterocycles. The highest BCUT2D eigenvalue weighted by molar-refractivity contribution is 5.76. The monoisotopic (exact) mass is 874 g/mol. The summed E-state index contributed by atoms with van der Waals surface area (Å²) < 4.78 is 5.48. The molecule has 0 aromatic rings. The maximum atomic E-state index is 12.4. The number of aliphatic hydroxyl groups excluding tert-OH is 2. The number of aliphatic hydroxyl groups is 2. The number of hydrogen-bond donors (Lipinski definition) is 3. The molecule has 2 unspecified atom stereocenters. The fraction of sp³-hybridized carbons (Fsp3) is 0.893. The summed E-state index contributed by atoms with van der Waals surface area (Å²) in [5.74, 6) is -0.0804. The zero-order valence-corrected chi connectivity index (χ0v) is 41.6. The van der Waals surface area contributed by atoms with E-state index in [4.69, 9.17) is 4.74 Å². The van der Waals surface area contributed by atoms with E-state index in [9.17, 15) is 19.8 Å². The molecular weight excluding hydrogens is 767 g/mol. The molecule has 366 valence electrons. The molecule has 62 heavy (non-hydrogen) atoms. The van der Waals surface area contributed by atoms with Crippen LogP contribution in [0, 0.1) is 0 Å². The average Bonchev–Trinajstić information content (AvgIpc) is 3.27. The highest BCUT2D eigenvalue weighted by Gasteiger charge is 2.18.